The van der Waals surface area contributed by atoms with Gasteiger partial charge in [0.2, 0.25) is 0 Å². The Morgan fingerprint density at radius 2 is 1.43 bits per heavy atom. The van der Waals surface area contributed by atoms with Crippen LogP contribution in [0.4, 0.5) is 0 Å². The summed E-state index contributed by atoms with van der Waals surface area (Å²) in [5.41, 5.74) is 0. The summed E-state index contributed by atoms with van der Waals surface area (Å²) in [5, 5.41) is 0. The van der Waals surface area contributed by atoms with Gasteiger partial charge in [-0.15, -0.1) is 0 Å². The molecule has 21 heavy (non-hydrogen) atoms. The Balaban J connectivity index is 2.97. The number of rotatable bonds is 12. The first-order chi connectivity index (χ1) is 10.2. The van der Waals surface area contributed by atoms with Gasteiger partial charge in [-0.1, -0.05) is 0 Å². The van der Waals surface area contributed by atoms with Gasteiger partial charge in [0.1, 0.15) is 0 Å². The fraction of sp³-hybridized carbons (Fsp3) is 0.778. The zero-order chi connectivity index (χ0) is 15.6. The zero-order valence-corrected chi connectivity index (χ0v) is 17.4. The quantitative estimate of drug-likeness (QED) is 0.433. The first-order valence-electron chi connectivity index (χ1n) is 8.80. The topological polar surface area (TPSA) is 22.4 Å². The molecule has 1 rings (SSSR count). The van der Waals surface area contributed by atoms with E-state index in [9.17, 15) is 0 Å². The van der Waals surface area contributed by atoms with Gasteiger partial charge in [0.15, 0.2) is 0 Å². The van der Waals surface area contributed by atoms with E-state index in [0.717, 1.165) is 5.76 Å². The second-order valence-electron chi connectivity index (χ2n) is 6.29. The second kappa shape index (κ2) is 10.7. The van der Waals surface area contributed by atoms with E-state index in [1.165, 1.54) is 55.6 Å². The van der Waals surface area contributed by atoms with Crippen LogP contribution in [0, 0.1) is 0 Å². The van der Waals surface area contributed by atoms with E-state index in [2.05, 4.69) is 32.9 Å². The number of ether oxygens (including phenoxy) is 1. The molecule has 1 heterocycles. The molecule has 0 aliphatic heterocycles. The molecule has 0 fully saturated rings. The summed E-state index contributed by atoms with van der Waals surface area (Å²) < 4.78 is 17.3. The molecular weight excluding hydrogens is 367 g/mol. The van der Waals surface area contributed by atoms with Crippen molar-refractivity contribution in [1.82, 2.24) is 0 Å². The standard InChI is InChI=1S/C6H7O2.3C4H9.Sn/c1-7-5-6-3-2-4-8-6;3*1-3-4-2;/h2-3H,5H2,1H3;3*1,3-4H2,2H3;. The normalized spacial score (nSPS) is 12.0. The Bertz CT molecular complexity index is 351. The van der Waals surface area contributed by atoms with E-state index in [0.29, 0.717) is 6.61 Å². The van der Waals surface area contributed by atoms with Gasteiger partial charge in [-0.05, 0) is 0 Å². The molecule has 0 saturated heterocycles. The van der Waals surface area contributed by atoms with E-state index < -0.39 is 18.4 Å². The van der Waals surface area contributed by atoms with Crippen molar-refractivity contribution < 1.29 is 9.15 Å². The molecule has 0 saturated carbocycles. The molecule has 0 spiro atoms. The van der Waals surface area contributed by atoms with Gasteiger partial charge in [0.25, 0.3) is 0 Å². The molecule has 2 nitrogen and oxygen atoms in total. The van der Waals surface area contributed by atoms with Crippen molar-refractivity contribution in [3.05, 3.63) is 17.9 Å². The molecular formula is C18H34O2Sn. The van der Waals surface area contributed by atoms with Crippen LogP contribution in [-0.4, -0.2) is 25.5 Å². The summed E-state index contributed by atoms with van der Waals surface area (Å²) in [7, 11) is 1.74. The van der Waals surface area contributed by atoms with Crippen LogP contribution in [0.2, 0.25) is 13.3 Å². The van der Waals surface area contributed by atoms with Crippen LogP contribution in [0.3, 0.4) is 0 Å². The fourth-order valence-electron chi connectivity index (χ4n) is 3.17. The Morgan fingerprint density at radius 3 is 1.86 bits per heavy atom. The number of furan rings is 1. The SMILES string of the molecule is CCC[CH2][Sn]([CH2]CCC)([CH2]CCC)[c]1ccc(COC)o1. The molecule has 0 bridgehead atoms. The summed E-state index contributed by atoms with van der Waals surface area (Å²) >= 11 is -2.34. The predicted octanol–water partition coefficient (Wildman–Crippen LogP) is 5.48. The second-order valence-corrected chi connectivity index (χ2v) is 19.3. The van der Waals surface area contributed by atoms with Gasteiger partial charge in [0, 0.05) is 0 Å². The molecule has 0 N–H and O–H groups in total. The molecule has 0 aliphatic rings. The number of methoxy groups -OCH3 is 1. The third-order valence-corrected chi connectivity index (χ3v) is 19.5. The molecule has 1 aromatic heterocycles. The van der Waals surface area contributed by atoms with Gasteiger partial charge in [-0.25, -0.2) is 0 Å². The monoisotopic (exact) mass is 402 g/mol. The third kappa shape index (κ3) is 5.97. The summed E-state index contributed by atoms with van der Waals surface area (Å²) in [5.74, 6) is 1.01. The average molecular weight is 401 g/mol. The van der Waals surface area contributed by atoms with Gasteiger partial charge >= 0.3 is 136 Å². The van der Waals surface area contributed by atoms with Crippen LogP contribution < -0.4 is 3.78 Å². The predicted molar refractivity (Wildman–Crippen MR) is 94.0 cm³/mol. The molecule has 122 valence electrons. The van der Waals surface area contributed by atoms with Crippen molar-refractivity contribution in [2.75, 3.05) is 7.11 Å². The summed E-state index contributed by atoms with van der Waals surface area (Å²) in [6.07, 6.45) is 8.06. The maximum absolute atomic E-state index is 6.25. The molecule has 3 heteroatoms. The van der Waals surface area contributed by atoms with Gasteiger partial charge in [-0.2, -0.15) is 0 Å². The summed E-state index contributed by atoms with van der Waals surface area (Å²) in [4.78, 5) is 0. The van der Waals surface area contributed by atoms with Gasteiger partial charge < -0.3 is 0 Å². The minimum atomic E-state index is -2.34. The van der Waals surface area contributed by atoms with Crippen LogP contribution in [0.5, 0.6) is 0 Å². The van der Waals surface area contributed by atoms with Crippen molar-refractivity contribution >= 4 is 22.2 Å². The van der Waals surface area contributed by atoms with Gasteiger partial charge in [-0.3, -0.25) is 0 Å². The van der Waals surface area contributed by atoms with Crippen LogP contribution in [0.1, 0.15) is 65.1 Å². The first-order valence-corrected chi connectivity index (χ1v) is 16.3. The van der Waals surface area contributed by atoms with E-state index >= 15 is 0 Å². The summed E-state index contributed by atoms with van der Waals surface area (Å²) in [6.45, 7) is 7.55. The van der Waals surface area contributed by atoms with Crippen molar-refractivity contribution in [3.63, 3.8) is 0 Å². The Kier molecular flexibility index (Phi) is 9.74. The number of hydrogen-bond acceptors (Lipinski definition) is 2. The maximum atomic E-state index is 6.25. The Hall–Kier alpha value is 0.0387. The van der Waals surface area contributed by atoms with Crippen molar-refractivity contribution in [2.45, 2.75) is 79.2 Å². The molecule has 0 amide bonds. The van der Waals surface area contributed by atoms with E-state index in [1.807, 2.05) is 0 Å². The number of unbranched alkanes of at least 4 members (excludes halogenated alkanes) is 3. The van der Waals surface area contributed by atoms with Crippen LogP contribution >= 0.6 is 0 Å². The summed E-state index contributed by atoms with van der Waals surface area (Å²) in [6, 6.07) is 4.44. The van der Waals surface area contributed by atoms with Crippen LogP contribution in [0.15, 0.2) is 16.5 Å². The molecule has 0 atom stereocenters. The first kappa shape index (κ1) is 19.1. The van der Waals surface area contributed by atoms with Crippen molar-refractivity contribution in [3.8, 4) is 0 Å². The average Bonchev–Trinajstić information content (AvgIpc) is 2.96. The van der Waals surface area contributed by atoms with Crippen LogP contribution in [0.25, 0.3) is 0 Å². The molecule has 0 aromatic carbocycles. The molecule has 0 aliphatic carbocycles. The zero-order valence-electron chi connectivity index (χ0n) is 14.5. The Morgan fingerprint density at radius 1 is 0.905 bits per heavy atom. The van der Waals surface area contributed by atoms with Crippen molar-refractivity contribution in [1.29, 1.82) is 0 Å². The minimum absolute atomic E-state index is 0.608. The van der Waals surface area contributed by atoms with Crippen molar-refractivity contribution in [2.24, 2.45) is 0 Å². The van der Waals surface area contributed by atoms with Crippen LogP contribution in [-0.2, 0) is 11.3 Å². The molecule has 0 radical (unpaired) electrons. The van der Waals surface area contributed by atoms with E-state index in [-0.39, 0.29) is 0 Å². The Labute approximate surface area is 135 Å². The molecule has 1 aromatic rings. The number of hydrogen-bond donors (Lipinski definition) is 0. The van der Waals surface area contributed by atoms with Gasteiger partial charge in [0.05, 0.1) is 0 Å². The van der Waals surface area contributed by atoms with E-state index in [1.54, 1.807) is 7.11 Å². The molecule has 0 unspecified atom stereocenters. The fourth-order valence-corrected chi connectivity index (χ4v) is 18.5. The van der Waals surface area contributed by atoms with E-state index in [4.69, 9.17) is 9.15 Å². The third-order valence-electron chi connectivity index (χ3n) is 4.50.